The number of aromatic hydroxyl groups is 1. The van der Waals surface area contributed by atoms with Crippen molar-refractivity contribution in [3.05, 3.63) is 28.8 Å². The molecule has 0 amide bonds. The van der Waals surface area contributed by atoms with Gasteiger partial charge in [-0.05, 0) is 42.0 Å². The molecular formula is C13H20O. The van der Waals surface area contributed by atoms with Gasteiger partial charge >= 0.3 is 0 Å². The van der Waals surface area contributed by atoms with Crippen molar-refractivity contribution >= 4 is 0 Å². The first-order chi connectivity index (χ1) is 6.56. The van der Waals surface area contributed by atoms with Crippen LogP contribution in [0.4, 0.5) is 0 Å². The molecule has 14 heavy (non-hydrogen) atoms. The van der Waals surface area contributed by atoms with Gasteiger partial charge in [-0.3, -0.25) is 0 Å². The molecule has 0 spiro atoms. The Balaban J connectivity index is 3.17. The maximum Gasteiger partial charge on any atom is 0.118 e. The summed E-state index contributed by atoms with van der Waals surface area (Å²) in [6.45, 7) is 8.48. The molecule has 1 aromatic carbocycles. The third-order valence-electron chi connectivity index (χ3n) is 2.60. The molecule has 0 unspecified atom stereocenters. The summed E-state index contributed by atoms with van der Waals surface area (Å²) in [7, 11) is 0. The minimum atomic E-state index is 0.425. The molecule has 1 N–H and O–H groups in total. The summed E-state index contributed by atoms with van der Waals surface area (Å²) < 4.78 is 0. The van der Waals surface area contributed by atoms with Gasteiger partial charge in [0.1, 0.15) is 5.75 Å². The number of benzene rings is 1. The Bertz CT molecular complexity index is 313. The third kappa shape index (κ3) is 2.28. The van der Waals surface area contributed by atoms with E-state index in [0.29, 0.717) is 11.7 Å². The lowest BCUT2D eigenvalue weighted by molar-refractivity contribution is 0.469. The highest BCUT2D eigenvalue weighted by Crippen LogP contribution is 2.28. The molecule has 1 rings (SSSR count). The molecule has 0 aromatic heterocycles. The average molecular weight is 192 g/mol. The van der Waals surface area contributed by atoms with E-state index in [1.165, 1.54) is 11.1 Å². The van der Waals surface area contributed by atoms with Crippen molar-refractivity contribution in [3.8, 4) is 5.75 Å². The Morgan fingerprint density at radius 2 is 1.93 bits per heavy atom. The van der Waals surface area contributed by atoms with Gasteiger partial charge in [-0.25, -0.2) is 0 Å². The van der Waals surface area contributed by atoms with Gasteiger partial charge in [0.25, 0.3) is 0 Å². The summed E-state index contributed by atoms with van der Waals surface area (Å²) in [6, 6.07) is 4.04. The highest BCUT2D eigenvalue weighted by molar-refractivity contribution is 5.42. The minimum absolute atomic E-state index is 0.425. The number of hydrogen-bond acceptors (Lipinski definition) is 1. The van der Waals surface area contributed by atoms with Gasteiger partial charge in [0.2, 0.25) is 0 Å². The molecular weight excluding hydrogens is 172 g/mol. The van der Waals surface area contributed by atoms with Gasteiger partial charge in [0, 0.05) is 0 Å². The summed E-state index contributed by atoms with van der Waals surface area (Å²) >= 11 is 0. The number of phenols is 1. The van der Waals surface area contributed by atoms with Gasteiger partial charge in [0.05, 0.1) is 0 Å². The first-order valence-electron chi connectivity index (χ1n) is 5.38. The molecule has 0 aliphatic carbocycles. The molecule has 0 radical (unpaired) electrons. The van der Waals surface area contributed by atoms with Crippen molar-refractivity contribution in [1.29, 1.82) is 0 Å². The maximum absolute atomic E-state index is 9.64. The van der Waals surface area contributed by atoms with Crippen LogP contribution in [-0.4, -0.2) is 5.11 Å². The molecule has 0 bridgehead atoms. The Kier molecular flexibility index (Phi) is 3.56. The second-order valence-corrected chi connectivity index (χ2v) is 4.24. The smallest absolute Gasteiger partial charge is 0.118 e. The van der Waals surface area contributed by atoms with Crippen LogP contribution in [0, 0.1) is 6.92 Å². The molecule has 78 valence electrons. The highest BCUT2D eigenvalue weighted by atomic mass is 16.3. The predicted octanol–water partition coefficient (Wildman–Crippen LogP) is 3.78. The number of hydrogen-bond donors (Lipinski definition) is 1. The van der Waals surface area contributed by atoms with Crippen LogP contribution < -0.4 is 0 Å². The fourth-order valence-electron chi connectivity index (χ4n) is 1.80. The molecule has 1 aromatic rings. The van der Waals surface area contributed by atoms with Gasteiger partial charge in [-0.1, -0.05) is 33.3 Å². The molecule has 0 aliphatic rings. The first kappa shape index (κ1) is 11.1. The van der Waals surface area contributed by atoms with Crippen molar-refractivity contribution < 1.29 is 5.11 Å². The highest BCUT2D eigenvalue weighted by Gasteiger charge is 2.09. The van der Waals surface area contributed by atoms with Crippen molar-refractivity contribution in [3.63, 3.8) is 0 Å². The Morgan fingerprint density at radius 1 is 1.29 bits per heavy atom. The zero-order valence-electron chi connectivity index (χ0n) is 9.59. The standard InChI is InChI=1S/C13H20O/c1-5-6-11-7-10(4)13(14)8-12(11)9(2)3/h7-9,14H,5-6H2,1-4H3. The van der Waals surface area contributed by atoms with Crippen LogP contribution in [0.1, 0.15) is 49.8 Å². The lowest BCUT2D eigenvalue weighted by Crippen LogP contribution is -1.97. The van der Waals surface area contributed by atoms with Crippen molar-refractivity contribution in [1.82, 2.24) is 0 Å². The van der Waals surface area contributed by atoms with Gasteiger partial charge in [-0.15, -0.1) is 0 Å². The largest absolute Gasteiger partial charge is 0.508 e. The average Bonchev–Trinajstić information content (AvgIpc) is 2.11. The Hall–Kier alpha value is -0.980. The molecule has 0 atom stereocenters. The zero-order chi connectivity index (χ0) is 10.7. The zero-order valence-corrected chi connectivity index (χ0v) is 9.59. The van der Waals surface area contributed by atoms with E-state index >= 15 is 0 Å². The first-order valence-corrected chi connectivity index (χ1v) is 5.38. The van der Waals surface area contributed by atoms with Crippen LogP contribution in [0.25, 0.3) is 0 Å². The normalized spacial score (nSPS) is 10.9. The molecule has 1 nitrogen and oxygen atoms in total. The topological polar surface area (TPSA) is 20.2 Å². The molecule has 0 aliphatic heterocycles. The number of phenolic OH excluding ortho intramolecular Hbond substituents is 1. The predicted molar refractivity (Wildman–Crippen MR) is 60.9 cm³/mol. The second-order valence-electron chi connectivity index (χ2n) is 4.24. The summed E-state index contributed by atoms with van der Waals surface area (Å²) in [4.78, 5) is 0. The fourth-order valence-corrected chi connectivity index (χ4v) is 1.80. The van der Waals surface area contributed by atoms with E-state index in [0.717, 1.165) is 18.4 Å². The molecule has 0 fully saturated rings. The fraction of sp³-hybridized carbons (Fsp3) is 0.538. The monoisotopic (exact) mass is 192 g/mol. The van der Waals surface area contributed by atoms with Crippen LogP contribution in [0.15, 0.2) is 12.1 Å². The summed E-state index contributed by atoms with van der Waals surface area (Å²) in [6.07, 6.45) is 2.26. The van der Waals surface area contributed by atoms with Gasteiger partial charge in [-0.2, -0.15) is 0 Å². The Morgan fingerprint density at radius 3 is 2.43 bits per heavy atom. The van der Waals surface area contributed by atoms with Crippen molar-refractivity contribution in [2.24, 2.45) is 0 Å². The van der Waals surface area contributed by atoms with Crippen molar-refractivity contribution in [2.45, 2.75) is 46.5 Å². The van der Waals surface area contributed by atoms with Gasteiger partial charge < -0.3 is 5.11 Å². The van der Waals surface area contributed by atoms with E-state index in [1.54, 1.807) is 0 Å². The van der Waals surface area contributed by atoms with E-state index in [1.807, 2.05) is 13.0 Å². The second kappa shape index (κ2) is 4.50. The molecule has 0 saturated carbocycles. The summed E-state index contributed by atoms with van der Waals surface area (Å²) in [5, 5.41) is 9.64. The molecule has 0 heterocycles. The van der Waals surface area contributed by atoms with Gasteiger partial charge in [0.15, 0.2) is 0 Å². The summed E-state index contributed by atoms with van der Waals surface area (Å²) in [5.74, 6) is 0.914. The van der Waals surface area contributed by atoms with Crippen LogP contribution in [0.5, 0.6) is 5.75 Å². The van der Waals surface area contributed by atoms with Crippen molar-refractivity contribution in [2.75, 3.05) is 0 Å². The van der Waals surface area contributed by atoms with E-state index in [4.69, 9.17) is 0 Å². The summed E-state index contributed by atoms with van der Waals surface area (Å²) in [5.41, 5.74) is 3.66. The van der Waals surface area contributed by atoms with E-state index in [9.17, 15) is 5.11 Å². The molecule has 1 heteroatoms. The van der Waals surface area contributed by atoms with E-state index in [-0.39, 0.29) is 0 Å². The van der Waals surface area contributed by atoms with E-state index in [2.05, 4.69) is 26.8 Å². The Labute approximate surface area is 86.8 Å². The number of aryl methyl sites for hydroxylation is 2. The lowest BCUT2D eigenvalue weighted by Gasteiger charge is -2.14. The van der Waals surface area contributed by atoms with E-state index < -0.39 is 0 Å². The van der Waals surface area contributed by atoms with Crippen LogP contribution in [-0.2, 0) is 6.42 Å². The van der Waals surface area contributed by atoms with Crippen LogP contribution in [0.3, 0.4) is 0 Å². The SMILES string of the molecule is CCCc1cc(C)c(O)cc1C(C)C. The molecule has 0 saturated heterocycles. The quantitative estimate of drug-likeness (QED) is 0.772. The van der Waals surface area contributed by atoms with Crippen LogP contribution in [0.2, 0.25) is 0 Å². The van der Waals surface area contributed by atoms with Crippen LogP contribution >= 0.6 is 0 Å². The lowest BCUT2D eigenvalue weighted by atomic mass is 9.92. The minimum Gasteiger partial charge on any atom is -0.508 e. The third-order valence-corrected chi connectivity index (χ3v) is 2.60. The number of rotatable bonds is 3. The maximum atomic E-state index is 9.64.